The highest BCUT2D eigenvalue weighted by atomic mass is 32.2. The van der Waals surface area contributed by atoms with E-state index in [9.17, 15) is 26.4 Å². The van der Waals surface area contributed by atoms with Crippen LogP contribution in [-0.4, -0.2) is 41.9 Å². The molecule has 1 saturated heterocycles. The normalized spacial score (nSPS) is 14.6. The zero-order valence-corrected chi connectivity index (χ0v) is 19.2. The molecule has 33 heavy (non-hydrogen) atoms. The molecule has 4 rings (SSSR count). The lowest BCUT2D eigenvalue weighted by Gasteiger charge is -2.16. The van der Waals surface area contributed by atoms with Crippen LogP contribution in [0, 0.1) is 6.92 Å². The van der Waals surface area contributed by atoms with Crippen LogP contribution in [-0.2, 0) is 27.5 Å². The van der Waals surface area contributed by atoms with Crippen LogP contribution >= 0.6 is 11.3 Å². The lowest BCUT2D eigenvalue weighted by molar-refractivity contribution is -0.137. The van der Waals surface area contributed by atoms with E-state index in [2.05, 4.69) is 9.71 Å². The number of sulfonamides is 1. The van der Waals surface area contributed by atoms with E-state index in [1.54, 1.807) is 9.47 Å². The molecule has 0 radical (unpaired) electrons. The fourth-order valence-corrected chi connectivity index (χ4v) is 5.49. The Morgan fingerprint density at radius 2 is 1.85 bits per heavy atom. The number of aryl methyl sites for hydroxylation is 1. The monoisotopic (exact) mass is 498 g/mol. The molecular formula is C21H21F3N4O3S2. The van der Waals surface area contributed by atoms with E-state index in [-0.39, 0.29) is 23.0 Å². The summed E-state index contributed by atoms with van der Waals surface area (Å²) in [5.41, 5.74) is 0.364. The van der Waals surface area contributed by atoms with Gasteiger partial charge in [0.05, 0.1) is 11.3 Å². The van der Waals surface area contributed by atoms with Crippen molar-refractivity contribution in [2.75, 3.05) is 17.8 Å². The third kappa shape index (κ3) is 5.22. The van der Waals surface area contributed by atoms with E-state index in [0.717, 1.165) is 42.8 Å². The number of carbonyl (C=O) groups excluding carboxylic acids is 1. The maximum absolute atomic E-state index is 13.0. The van der Waals surface area contributed by atoms with E-state index in [1.807, 2.05) is 12.3 Å². The van der Waals surface area contributed by atoms with Crippen LogP contribution < -0.4 is 4.72 Å². The summed E-state index contributed by atoms with van der Waals surface area (Å²) < 4.78 is 68.1. The molecule has 0 spiro atoms. The average Bonchev–Trinajstić information content (AvgIpc) is 3.48. The Kier molecular flexibility index (Phi) is 6.23. The quantitative estimate of drug-likeness (QED) is 0.547. The molecule has 12 heteroatoms. The van der Waals surface area contributed by atoms with Crippen molar-refractivity contribution in [1.82, 2.24) is 14.5 Å². The van der Waals surface area contributed by atoms with Gasteiger partial charge in [-0.15, -0.1) is 11.3 Å². The van der Waals surface area contributed by atoms with Gasteiger partial charge in [-0.2, -0.15) is 13.2 Å². The molecule has 0 atom stereocenters. The van der Waals surface area contributed by atoms with Crippen molar-refractivity contribution in [3.05, 3.63) is 53.2 Å². The number of nitrogens with zero attached hydrogens (tertiary/aromatic N) is 3. The topological polar surface area (TPSA) is 84.3 Å². The number of nitrogens with one attached hydrogen (secondary N) is 1. The summed E-state index contributed by atoms with van der Waals surface area (Å²) in [7, 11) is -4.12. The summed E-state index contributed by atoms with van der Waals surface area (Å²) in [5.74, 6) is -0.114. The summed E-state index contributed by atoms with van der Waals surface area (Å²) in [4.78, 5) is 18.7. The van der Waals surface area contributed by atoms with E-state index in [4.69, 9.17) is 0 Å². The standard InChI is InChI=1S/C21H21F3N4O3S2/c1-14-13-32-20(25-14)18-10-17(11-28(18)12-19(29)27-8-2-3-9-27)33(30,31)26-16-6-4-15(5-7-16)21(22,23)24/h4-7,10-11,13,26H,2-3,8-9,12H2,1H3. The molecule has 2 aromatic heterocycles. The van der Waals surface area contributed by atoms with E-state index < -0.39 is 21.8 Å². The molecule has 1 aliphatic heterocycles. The van der Waals surface area contributed by atoms with Crippen LogP contribution in [0.5, 0.6) is 0 Å². The van der Waals surface area contributed by atoms with Crippen LogP contribution in [0.3, 0.4) is 0 Å². The van der Waals surface area contributed by atoms with Gasteiger partial charge < -0.3 is 9.47 Å². The fourth-order valence-electron chi connectivity index (χ4n) is 3.57. The summed E-state index contributed by atoms with van der Waals surface area (Å²) in [5, 5.41) is 2.39. The van der Waals surface area contributed by atoms with Crippen molar-refractivity contribution in [2.24, 2.45) is 0 Å². The van der Waals surface area contributed by atoms with Crippen molar-refractivity contribution in [3.8, 4) is 10.7 Å². The molecule has 0 bridgehead atoms. The number of hydrogen-bond acceptors (Lipinski definition) is 5. The third-order valence-corrected chi connectivity index (χ3v) is 7.58. The number of benzene rings is 1. The number of carbonyl (C=O) groups is 1. The summed E-state index contributed by atoms with van der Waals surface area (Å²) in [6.07, 6.45) is -1.29. The molecule has 3 aromatic rings. The second kappa shape index (κ2) is 8.82. The highest BCUT2D eigenvalue weighted by molar-refractivity contribution is 7.92. The second-order valence-electron chi connectivity index (χ2n) is 7.75. The molecule has 1 aromatic carbocycles. The van der Waals surface area contributed by atoms with Crippen molar-refractivity contribution in [2.45, 2.75) is 37.4 Å². The van der Waals surface area contributed by atoms with Crippen molar-refractivity contribution >= 4 is 33.0 Å². The fraction of sp³-hybridized carbons (Fsp3) is 0.333. The van der Waals surface area contributed by atoms with Crippen LogP contribution in [0.25, 0.3) is 10.7 Å². The number of halogens is 3. The Bertz CT molecular complexity index is 1260. The first kappa shape index (κ1) is 23.3. The third-order valence-electron chi connectivity index (χ3n) is 5.25. The lowest BCUT2D eigenvalue weighted by atomic mass is 10.2. The SMILES string of the molecule is Cc1csc(-c2cc(S(=O)(=O)Nc3ccc(C(F)(F)F)cc3)cn2CC(=O)N2CCCC2)n1. The Morgan fingerprint density at radius 3 is 2.42 bits per heavy atom. The highest BCUT2D eigenvalue weighted by Gasteiger charge is 2.30. The van der Waals surface area contributed by atoms with Crippen molar-refractivity contribution in [1.29, 1.82) is 0 Å². The molecular weight excluding hydrogens is 477 g/mol. The molecule has 0 saturated carbocycles. The molecule has 1 aliphatic rings. The minimum atomic E-state index is -4.52. The molecule has 1 N–H and O–H groups in total. The van der Waals surface area contributed by atoms with Gasteiger partial charge in [-0.05, 0) is 50.1 Å². The number of anilines is 1. The number of alkyl halides is 3. The molecule has 0 unspecified atom stereocenters. The van der Waals surface area contributed by atoms with Gasteiger partial charge in [-0.3, -0.25) is 9.52 Å². The summed E-state index contributed by atoms with van der Waals surface area (Å²) >= 11 is 1.33. The highest BCUT2D eigenvalue weighted by Crippen LogP contribution is 2.31. The van der Waals surface area contributed by atoms with E-state index in [1.165, 1.54) is 23.6 Å². The number of aromatic nitrogens is 2. The second-order valence-corrected chi connectivity index (χ2v) is 10.3. The minimum Gasteiger partial charge on any atom is -0.341 e. The summed E-state index contributed by atoms with van der Waals surface area (Å²) in [6.45, 7) is 3.12. The first-order valence-corrected chi connectivity index (χ1v) is 12.5. The van der Waals surface area contributed by atoms with Crippen LogP contribution in [0.15, 0.2) is 46.8 Å². The molecule has 3 heterocycles. The Morgan fingerprint density at radius 1 is 1.18 bits per heavy atom. The van der Waals surface area contributed by atoms with Gasteiger partial charge in [-0.1, -0.05) is 0 Å². The molecule has 1 amide bonds. The zero-order chi connectivity index (χ0) is 23.8. The Balaban J connectivity index is 1.63. The lowest BCUT2D eigenvalue weighted by Crippen LogP contribution is -2.31. The smallest absolute Gasteiger partial charge is 0.341 e. The predicted octanol–water partition coefficient (Wildman–Crippen LogP) is 4.36. The Hall–Kier alpha value is -2.86. The number of thiazole rings is 1. The largest absolute Gasteiger partial charge is 0.416 e. The van der Waals surface area contributed by atoms with Crippen LogP contribution in [0.1, 0.15) is 24.1 Å². The average molecular weight is 499 g/mol. The first-order valence-electron chi connectivity index (χ1n) is 10.1. The van der Waals surface area contributed by atoms with Gasteiger partial charge in [0.25, 0.3) is 10.0 Å². The van der Waals surface area contributed by atoms with Gasteiger partial charge in [-0.25, -0.2) is 13.4 Å². The number of hydrogen-bond donors (Lipinski definition) is 1. The maximum atomic E-state index is 13.0. The molecule has 0 aliphatic carbocycles. The maximum Gasteiger partial charge on any atom is 0.416 e. The predicted molar refractivity (Wildman–Crippen MR) is 118 cm³/mol. The van der Waals surface area contributed by atoms with Gasteiger partial charge in [0, 0.05) is 36.0 Å². The number of rotatable bonds is 6. The van der Waals surface area contributed by atoms with Gasteiger partial charge in [0.15, 0.2) is 0 Å². The van der Waals surface area contributed by atoms with E-state index >= 15 is 0 Å². The summed E-state index contributed by atoms with van der Waals surface area (Å²) in [6, 6.07) is 5.14. The van der Waals surface area contributed by atoms with Crippen LogP contribution in [0.4, 0.5) is 18.9 Å². The van der Waals surface area contributed by atoms with Gasteiger partial charge in [0.2, 0.25) is 5.91 Å². The minimum absolute atomic E-state index is 0.00413. The van der Waals surface area contributed by atoms with Gasteiger partial charge >= 0.3 is 6.18 Å². The first-order chi connectivity index (χ1) is 15.5. The van der Waals surface area contributed by atoms with Crippen molar-refractivity contribution in [3.63, 3.8) is 0 Å². The van der Waals surface area contributed by atoms with Crippen molar-refractivity contribution < 1.29 is 26.4 Å². The van der Waals surface area contributed by atoms with Crippen LogP contribution in [0.2, 0.25) is 0 Å². The number of amides is 1. The molecule has 176 valence electrons. The molecule has 7 nitrogen and oxygen atoms in total. The van der Waals surface area contributed by atoms with Gasteiger partial charge in [0.1, 0.15) is 16.4 Å². The molecule has 1 fully saturated rings. The number of likely N-dealkylation sites (tertiary alicyclic amines) is 1. The Labute approximate surface area is 192 Å². The van der Waals surface area contributed by atoms with E-state index in [0.29, 0.717) is 23.8 Å². The zero-order valence-electron chi connectivity index (χ0n) is 17.6.